The number of nitrogens with two attached hydrogens (primary N) is 1. The molecule has 1 heteroatoms. The Morgan fingerprint density at radius 2 is 2.07 bits per heavy atom. The van der Waals surface area contributed by atoms with Crippen LogP contribution >= 0.6 is 0 Å². The van der Waals surface area contributed by atoms with E-state index in [2.05, 4.69) is 18.7 Å². The molecule has 1 aromatic rings. The maximum absolute atomic E-state index is 5.74. The van der Waals surface area contributed by atoms with Crippen LogP contribution in [0.25, 0.3) is 0 Å². The van der Waals surface area contributed by atoms with Crippen LogP contribution in [-0.2, 0) is 0 Å². The van der Waals surface area contributed by atoms with Gasteiger partial charge in [-0.1, -0.05) is 43.0 Å². The zero-order chi connectivity index (χ0) is 9.97. The van der Waals surface area contributed by atoms with Crippen LogP contribution < -0.4 is 5.73 Å². The first-order valence-electron chi connectivity index (χ1n) is 4.66. The van der Waals surface area contributed by atoms with Gasteiger partial charge in [0.25, 0.3) is 0 Å². The van der Waals surface area contributed by atoms with E-state index < -0.39 is 0 Å². The van der Waals surface area contributed by atoms with Crippen LogP contribution in [-0.4, -0.2) is 0 Å². The lowest BCUT2D eigenvalue weighted by Gasteiger charge is -2.16. The summed E-state index contributed by atoms with van der Waals surface area (Å²) in [5, 5.41) is 0. The molecule has 0 saturated carbocycles. The highest BCUT2D eigenvalue weighted by Crippen LogP contribution is 2.28. The SMILES string of the molecule is C=C1C=CC=CC1c1cccc(N)c1. The molecule has 1 aliphatic rings. The summed E-state index contributed by atoms with van der Waals surface area (Å²) < 4.78 is 0. The van der Waals surface area contributed by atoms with E-state index in [0.29, 0.717) is 0 Å². The van der Waals surface area contributed by atoms with Gasteiger partial charge in [0.1, 0.15) is 0 Å². The molecule has 0 fully saturated rings. The fourth-order valence-electron chi connectivity index (χ4n) is 1.66. The molecule has 0 bridgehead atoms. The molecule has 0 radical (unpaired) electrons. The van der Waals surface area contributed by atoms with Gasteiger partial charge in [0.2, 0.25) is 0 Å². The number of rotatable bonds is 1. The zero-order valence-corrected chi connectivity index (χ0v) is 7.98. The van der Waals surface area contributed by atoms with Gasteiger partial charge in [0.05, 0.1) is 0 Å². The highest BCUT2D eigenvalue weighted by molar-refractivity contribution is 5.48. The molecule has 1 aromatic carbocycles. The number of benzene rings is 1. The van der Waals surface area contributed by atoms with E-state index in [9.17, 15) is 0 Å². The Morgan fingerprint density at radius 1 is 1.21 bits per heavy atom. The molecule has 0 amide bonds. The van der Waals surface area contributed by atoms with E-state index in [-0.39, 0.29) is 5.92 Å². The minimum atomic E-state index is 0.281. The van der Waals surface area contributed by atoms with Gasteiger partial charge in [0.15, 0.2) is 0 Å². The molecule has 1 aliphatic carbocycles. The number of hydrogen-bond acceptors (Lipinski definition) is 1. The molecule has 0 aliphatic heterocycles. The second-order valence-electron chi connectivity index (χ2n) is 3.47. The maximum atomic E-state index is 5.74. The Balaban J connectivity index is 2.36. The van der Waals surface area contributed by atoms with Gasteiger partial charge in [0, 0.05) is 11.6 Å². The van der Waals surface area contributed by atoms with Gasteiger partial charge in [-0.15, -0.1) is 0 Å². The average Bonchev–Trinajstić information content (AvgIpc) is 2.18. The molecule has 0 heterocycles. The highest BCUT2D eigenvalue weighted by atomic mass is 14.5. The van der Waals surface area contributed by atoms with Crippen molar-refractivity contribution in [2.24, 2.45) is 0 Å². The summed E-state index contributed by atoms with van der Waals surface area (Å²) in [5.74, 6) is 0.281. The lowest BCUT2D eigenvalue weighted by Crippen LogP contribution is -2.00. The third kappa shape index (κ3) is 1.62. The first kappa shape index (κ1) is 8.82. The van der Waals surface area contributed by atoms with Crippen molar-refractivity contribution in [1.29, 1.82) is 0 Å². The van der Waals surface area contributed by atoms with Crippen molar-refractivity contribution in [2.45, 2.75) is 5.92 Å². The first-order valence-corrected chi connectivity index (χ1v) is 4.66. The predicted octanol–water partition coefficient (Wildman–Crippen LogP) is 3.03. The molecule has 1 atom stereocenters. The minimum Gasteiger partial charge on any atom is -0.399 e. The molecule has 1 nitrogen and oxygen atoms in total. The Bertz CT molecular complexity index is 413. The Hall–Kier alpha value is -1.76. The Labute approximate surface area is 84.3 Å². The summed E-state index contributed by atoms with van der Waals surface area (Å²) in [6.07, 6.45) is 8.22. The summed E-state index contributed by atoms with van der Waals surface area (Å²) in [5.41, 5.74) is 8.86. The molecule has 0 saturated heterocycles. The topological polar surface area (TPSA) is 26.0 Å². The largest absolute Gasteiger partial charge is 0.399 e. The second-order valence-corrected chi connectivity index (χ2v) is 3.47. The van der Waals surface area contributed by atoms with Crippen LogP contribution in [0.4, 0.5) is 5.69 Å². The van der Waals surface area contributed by atoms with E-state index in [1.807, 2.05) is 36.4 Å². The van der Waals surface area contributed by atoms with Crippen molar-refractivity contribution in [3.63, 3.8) is 0 Å². The molecular formula is C13H13N. The van der Waals surface area contributed by atoms with Crippen LogP contribution in [0.15, 0.2) is 60.7 Å². The van der Waals surface area contributed by atoms with E-state index in [4.69, 9.17) is 5.73 Å². The van der Waals surface area contributed by atoms with Crippen molar-refractivity contribution in [2.75, 3.05) is 5.73 Å². The molecule has 1 unspecified atom stereocenters. The van der Waals surface area contributed by atoms with Crippen molar-refractivity contribution < 1.29 is 0 Å². The summed E-state index contributed by atoms with van der Waals surface area (Å²) in [6, 6.07) is 7.95. The van der Waals surface area contributed by atoms with Crippen molar-refractivity contribution in [1.82, 2.24) is 0 Å². The predicted molar refractivity (Wildman–Crippen MR) is 61.0 cm³/mol. The average molecular weight is 183 g/mol. The molecular weight excluding hydrogens is 170 g/mol. The molecule has 0 spiro atoms. The Kier molecular flexibility index (Phi) is 2.23. The van der Waals surface area contributed by atoms with Gasteiger partial charge in [-0.3, -0.25) is 0 Å². The standard InChI is InChI=1S/C13H13N/c1-10-5-2-3-8-13(10)11-6-4-7-12(14)9-11/h2-9,13H,1,14H2. The number of hydrogen-bond donors (Lipinski definition) is 1. The van der Waals surface area contributed by atoms with Crippen LogP contribution in [0.5, 0.6) is 0 Å². The minimum absolute atomic E-state index is 0.281. The first-order chi connectivity index (χ1) is 6.77. The number of anilines is 1. The van der Waals surface area contributed by atoms with Gasteiger partial charge in [-0.25, -0.2) is 0 Å². The molecule has 14 heavy (non-hydrogen) atoms. The second kappa shape index (κ2) is 3.54. The van der Waals surface area contributed by atoms with E-state index in [1.54, 1.807) is 0 Å². The van der Waals surface area contributed by atoms with Crippen molar-refractivity contribution in [3.8, 4) is 0 Å². The molecule has 70 valence electrons. The summed E-state index contributed by atoms with van der Waals surface area (Å²) in [6.45, 7) is 4.02. The van der Waals surface area contributed by atoms with Gasteiger partial charge < -0.3 is 5.73 Å². The van der Waals surface area contributed by atoms with E-state index in [1.165, 1.54) is 5.56 Å². The summed E-state index contributed by atoms with van der Waals surface area (Å²) >= 11 is 0. The smallest absolute Gasteiger partial charge is 0.0317 e. The quantitative estimate of drug-likeness (QED) is 0.665. The van der Waals surface area contributed by atoms with E-state index in [0.717, 1.165) is 11.3 Å². The lowest BCUT2D eigenvalue weighted by molar-refractivity contribution is 1.02. The summed E-state index contributed by atoms with van der Waals surface area (Å²) in [4.78, 5) is 0. The highest BCUT2D eigenvalue weighted by Gasteiger charge is 2.11. The lowest BCUT2D eigenvalue weighted by atomic mass is 9.89. The molecule has 2 rings (SSSR count). The number of allylic oxidation sites excluding steroid dienone is 5. The Morgan fingerprint density at radius 3 is 2.79 bits per heavy atom. The maximum Gasteiger partial charge on any atom is 0.0317 e. The van der Waals surface area contributed by atoms with Gasteiger partial charge in [-0.05, 0) is 23.3 Å². The van der Waals surface area contributed by atoms with Gasteiger partial charge in [-0.2, -0.15) is 0 Å². The third-order valence-corrected chi connectivity index (χ3v) is 2.39. The normalized spacial score (nSPS) is 20.0. The molecule has 0 aromatic heterocycles. The number of nitrogen functional groups attached to an aromatic ring is 1. The van der Waals surface area contributed by atoms with E-state index >= 15 is 0 Å². The van der Waals surface area contributed by atoms with Crippen LogP contribution in [0.2, 0.25) is 0 Å². The van der Waals surface area contributed by atoms with Gasteiger partial charge >= 0.3 is 0 Å². The fraction of sp³-hybridized carbons (Fsp3) is 0.0769. The zero-order valence-electron chi connectivity index (χ0n) is 7.98. The fourth-order valence-corrected chi connectivity index (χ4v) is 1.66. The monoisotopic (exact) mass is 183 g/mol. The van der Waals surface area contributed by atoms with Crippen LogP contribution in [0, 0.1) is 0 Å². The summed E-state index contributed by atoms with van der Waals surface area (Å²) in [7, 11) is 0. The van der Waals surface area contributed by atoms with Crippen molar-refractivity contribution in [3.05, 3.63) is 66.3 Å². The third-order valence-electron chi connectivity index (χ3n) is 2.39. The van der Waals surface area contributed by atoms with Crippen LogP contribution in [0.3, 0.4) is 0 Å². The molecule has 2 N–H and O–H groups in total. The van der Waals surface area contributed by atoms with Crippen molar-refractivity contribution >= 4 is 5.69 Å². The van der Waals surface area contributed by atoms with Crippen LogP contribution in [0.1, 0.15) is 11.5 Å².